The van der Waals surface area contributed by atoms with E-state index in [4.69, 9.17) is 4.74 Å². The van der Waals surface area contributed by atoms with Crippen molar-refractivity contribution in [3.63, 3.8) is 0 Å². The Hall–Kier alpha value is -2.88. The van der Waals surface area contributed by atoms with Gasteiger partial charge in [0.05, 0.1) is 13.2 Å². The third-order valence-corrected chi connectivity index (χ3v) is 8.21. The third kappa shape index (κ3) is 6.62. The lowest BCUT2D eigenvalue weighted by molar-refractivity contribution is 0.166. The number of urea groups is 1. The standard InChI is InChI=1S/C26H34N4O4S/c1-34-24-11-9-23(10-12-24)25(28-14-5-6-15-28)21-27-26(31)29-16-18-30(19-17-29)35(32,33)20-13-22-7-3-2-4-8-22/h2-4,7-13,20,25H,5-6,14-19,21H2,1H3,(H,27,31). The SMILES string of the molecule is COc1ccc(C(CNC(=O)N2CCN(S(=O)(=O)C=Cc3ccccc3)CC2)N2CCCC2)cc1. The van der Waals surface area contributed by atoms with E-state index in [1.54, 1.807) is 18.1 Å². The first-order valence-corrected chi connectivity index (χ1v) is 13.6. The number of rotatable bonds is 8. The van der Waals surface area contributed by atoms with E-state index in [1.165, 1.54) is 9.71 Å². The molecule has 0 aromatic heterocycles. The van der Waals surface area contributed by atoms with Gasteiger partial charge in [-0.05, 0) is 55.3 Å². The number of sulfonamides is 1. The van der Waals surface area contributed by atoms with Gasteiger partial charge >= 0.3 is 6.03 Å². The van der Waals surface area contributed by atoms with E-state index >= 15 is 0 Å². The molecule has 0 saturated carbocycles. The first kappa shape index (κ1) is 25.2. The van der Waals surface area contributed by atoms with E-state index < -0.39 is 10.0 Å². The molecule has 4 rings (SSSR count). The maximum absolute atomic E-state index is 12.9. The van der Waals surface area contributed by atoms with Crippen LogP contribution in [0.4, 0.5) is 4.79 Å². The van der Waals surface area contributed by atoms with Crippen LogP contribution >= 0.6 is 0 Å². The summed E-state index contributed by atoms with van der Waals surface area (Å²) in [6.45, 7) is 3.82. The maximum Gasteiger partial charge on any atom is 0.317 e. The number of nitrogens with one attached hydrogen (secondary N) is 1. The van der Waals surface area contributed by atoms with Crippen LogP contribution in [0.2, 0.25) is 0 Å². The number of methoxy groups -OCH3 is 1. The molecule has 2 aromatic carbocycles. The summed E-state index contributed by atoms with van der Waals surface area (Å²) >= 11 is 0. The van der Waals surface area contributed by atoms with E-state index in [2.05, 4.69) is 22.3 Å². The zero-order chi connectivity index (χ0) is 24.7. The van der Waals surface area contributed by atoms with Crippen LogP contribution in [-0.4, -0.2) is 81.5 Å². The van der Waals surface area contributed by atoms with Crippen LogP contribution in [0.25, 0.3) is 6.08 Å². The molecule has 0 aliphatic carbocycles. The molecule has 2 aliphatic heterocycles. The lowest BCUT2D eigenvalue weighted by Crippen LogP contribution is -2.53. The summed E-state index contributed by atoms with van der Waals surface area (Å²) in [6.07, 6.45) is 3.93. The van der Waals surface area contributed by atoms with Crippen LogP contribution in [0.5, 0.6) is 5.75 Å². The predicted molar refractivity (Wildman–Crippen MR) is 137 cm³/mol. The third-order valence-electron chi connectivity index (χ3n) is 6.65. The first-order chi connectivity index (χ1) is 17.0. The lowest BCUT2D eigenvalue weighted by Gasteiger charge is -2.34. The monoisotopic (exact) mass is 498 g/mol. The fourth-order valence-electron chi connectivity index (χ4n) is 4.59. The molecule has 2 fully saturated rings. The molecule has 0 radical (unpaired) electrons. The molecule has 35 heavy (non-hydrogen) atoms. The first-order valence-electron chi connectivity index (χ1n) is 12.1. The minimum Gasteiger partial charge on any atom is -0.497 e. The summed E-state index contributed by atoms with van der Waals surface area (Å²) in [7, 11) is -1.88. The Bertz CT molecular complexity index is 1090. The fourth-order valence-corrected chi connectivity index (χ4v) is 5.77. The molecule has 1 N–H and O–H groups in total. The van der Waals surface area contributed by atoms with Gasteiger partial charge in [-0.25, -0.2) is 13.2 Å². The van der Waals surface area contributed by atoms with Gasteiger partial charge in [-0.15, -0.1) is 0 Å². The average molecular weight is 499 g/mol. The van der Waals surface area contributed by atoms with Crippen molar-refractivity contribution in [3.05, 3.63) is 71.1 Å². The zero-order valence-electron chi connectivity index (χ0n) is 20.2. The Morgan fingerprint density at radius 3 is 2.26 bits per heavy atom. The van der Waals surface area contributed by atoms with Crippen LogP contribution in [0, 0.1) is 0 Å². The van der Waals surface area contributed by atoms with Gasteiger partial charge < -0.3 is 15.0 Å². The molecule has 0 spiro atoms. The molecule has 188 valence electrons. The highest BCUT2D eigenvalue weighted by Gasteiger charge is 2.29. The van der Waals surface area contributed by atoms with Gasteiger partial charge in [0.25, 0.3) is 0 Å². The van der Waals surface area contributed by atoms with E-state index in [9.17, 15) is 13.2 Å². The molecule has 1 unspecified atom stereocenters. The minimum atomic E-state index is -3.53. The Morgan fingerprint density at radius 2 is 1.63 bits per heavy atom. The molecule has 2 aromatic rings. The van der Waals surface area contributed by atoms with Crippen molar-refractivity contribution in [1.82, 2.24) is 19.4 Å². The number of ether oxygens (including phenoxy) is 1. The number of carbonyl (C=O) groups is 1. The van der Waals surface area contributed by atoms with Crippen molar-refractivity contribution in [2.24, 2.45) is 0 Å². The molecular formula is C26H34N4O4S. The van der Waals surface area contributed by atoms with Gasteiger partial charge in [-0.1, -0.05) is 42.5 Å². The molecule has 2 aliphatic rings. The topological polar surface area (TPSA) is 82.2 Å². The van der Waals surface area contributed by atoms with E-state index in [0.717, 1.165) is 42.8 Å². The molecule has 2 saturated heterocycles. The summed E-state index contributed by atoms with van der Waals surface area (Å²) < 4.78 is 32.1. The highest BCUT2D eigenvalue weighted by Crippen LogP contribution is 2.26. The summed E-state index contributed by atoms with van der Waals surface area (Å²) in [4.78, 5) is 17.0. The van der Waals surface area contributed by atoms with Crippen molar-refractivity contribution in [1.29, 1.82) is 0 Å². The second kappa shape index (κ2) is 11.7. The normalized spacial score (nSPS) is 18.6. The van der Waals surface area contributed by atoms with Crippen LogP contribution < -0.4 is 10.1 Å². The predicted octanol–water partition coefficient (Wildman–Crippen LogP) is 3.16. The van der Waals surface area contributed by atoms with Crippen molar-refractivity contribution in [2.75, 3.05) is 52.9 Å². The molecule has 1 atom stereocenters. The molecular weight excluding hydrogens is 464 g/mol. The molecule has 2 amide bonds. The summed E-state index contributed by atoms with van der Waals surface area (Å²) in [5.74, 6) is 0.810. The highest BCUT2D eigenvalue weighted by atomic mass is 32.2. The van der Waals surface area contributed by atoms with Gasteiger partial charge in [-0.2, -0.15) is 4.31 Å². The van der Waals surface area contributed by atoms with Crippen LogP contribution in [-0.2, 0) is 10.0 Å². The van der Waals surface area contributed by atoms with Gasteiger partial charge in [0, 0.05) is 38.1 Å². The van der Waals surface area contributed by atoms with Gasteiger partial charge in [0.1, 0.15) is 5.75 Å². The minimum absolute atomic E-state index is 0.0946. The number of amides is 2. The number of piperazine rings is 1. The molecule has 8 nitrogen and oxygen atoms in total. The lowest BCUT2D eigenvalue weighted by atomic mass is 10.1. The number of hydrogen-bond acceptors (Lipinski definition) is 5. The Labute approximate surface area is 208 Å². The van der Waals surface area contributed by atoms with E-state index in [0.29, 0.717) is 19.6 Å². The second-order valence-corrected chi connectivity index (χ2v) is 10.7. The maximum atomic E-state index is 12.9. The number of hydrogen-bond donors (Lipinski definition) is 1. The Morgan fingerprint density at radius 1 is 0.971 bits per heavy atom. The molecule has 0 bridgehead atoms. The van der Waals surface area contributed by atoms with Gasteiger partial charge in [-0.3, -0.25) is 4.90 Å². The van der Waals surface area contributed by atoms with Crippen molar-refractivity contribution in [3.8, 4) is 5.75 Å². The smallest absolute Gasteiger partial charge is 0.317 e. The average Bonchev–Trinajstić information content (AvgIpc) is 3.43. The largest absolute Gasteiger partial charge is 0.497 e. The van der Waals surface area contributed by atoms with Crippen LogP contribution in [0.15, 0.2) is 60.0 Å². The molecule has 2 heterocycles. The highest BCUT2D eigenvalue weighted by molar-refractivity contribution is 7.92. The van der Waals surface area contributed by atoms with Crippen molar-refractivity contribution >= 4 is 22.1 Å². The zero-order valence-corrected chi connectivity index (χ0v) is 21.0. The van der Waals surface area contributed by atoms with Crippen molar-refractivity contribution < 1.29 is 17.9 Å². The number of likely N-dealkylation sites (tertiary alicyclic amines) is 1. The van der Waals surface area contributed by atoms with E-state index in [-0.39, 0.29) is 25.2 Å². The summed E-state index contributed by atoms with van der Waals surface area (Å²) in [6, 6.07) is 17.3. The van der Waals surface area contributed by atoms with Crippen molar-refractivity contribution in [2.45, 2.75) is 18.9 Å². The molecule has 9 heteroatoms. The summed E-state index contributed by atoms with van der Waals surface area (Å²) in [5, 5.41) is 4.33. The number of nitrogens with zero attached hydrogens (tertiary/aromatic N) is 3. The Balaban J connectivity index is 1.31. The van der Waals surface area contributed by atoms with Gasteiger partial charge in [0.2, 0.25) is 10.0 Å². The van der Waals surface area contributed by atoms with Gasteiger partial charge in [0.15, 0.2) is 0 Å². The van der Waals surface area contributed by atoms with Crippen LogP contribution in [0.1, 0.15) is 30.0 Å². The quantitative estimate of drug-likeness (QED) is 0.605. The fraction of sp³-hybridized carbons (Fsp3) is 0.423. The Kier molecular flexibility index (Phi) is 8.43. The van der Waals surface area contributed by atoms with E-state index in [1.807, 2.05) is 42.5 Å². The van der Waals surface area contributed by atoms with Crippen LogP contribution in [0.3, 0.4) is 0 Å². The summed E-state index contributed by atoms with van der Waals surface area (Å²) in [5.41, 5.74) is 1.98. The number of carbonyl (C=O) groups excluding carboxylic acids is 1. The second-order valence-electron chi connectivity index (χ2n) is 8.86. The number of benzene rings is 2.